The van der Waals surface area contributed by atoms with E-state index >= 15 is 0 Å². The number of fused-ring (bicyclic) bond motifs is 1. The van der Waals surface area contributed by atoms with Crippen LogP contribution in [0.2, 0.25) is 0 Å². The third-order valence-corrected chi connectivity index (χ3v) is 5.94. The van der Waals surface area contributed by atoms with Crippen LogP contribution in [0.3, 0.4) is 0 Å². The zero-order valence-electron chi connectivity index (χ0n) is 19.1. The van der Waals surface area contributed by atoms with Crippen LogP contribution in [0.5, 0.6) is 0 Å². The molecule has 0 atom stereocenters. The summed E-state index contributed by atoms with van der Waals surface area (Å²) in [6.45, 7) is 2.07. The van der Waals surface area contributed by atoms with Crippen molar-refractivity contribution in [2.75, 3.05) is 5.32 Å². The number of amides is 1. The average Bonchev–Trinajstić information content (AvgIpc) is 3.33. The molecular formula is C29H23N3O2S. The lowest BCUT2D eigenvalue weighted by atomic mass is 10.0. The smallest absolute Gasteiger partial charge is 0.257 e. The van der Waals surface area contributed by atoms with Crippen molar-refractivity contribution in [3.63, 3.8) is 0 Å². The van der Waals surface area contributed by atoms with E-state index in [-0.39, 0.29) is 11.0 Å². The number of hydrogen-bond acceptors (Lipinski definition) is 4. The Morgan fingerprint density at radius 1 is 0.857 bits per heavy atom. The molecule has 0 spiro atoms. The van der Waals surface area contributed by atoms with Crippen molar-refractivity contribution in [3.05, 3.63) is 108 Å². The summed E-state index contributed by atoms with van der Waals surface area (Å²) in [4.78, 5) is 17.1. The summed E-state index contributed by atoms with van der Waals surface area (Å²) in [6.07, 6.45) is 0.924. The molecule has 0 saturated heterocycles. The lowest BCUT2D eigenvalue weighted by Gasteiger charge is -2.09. The first kappa shape index (κ1) is 22.5. The fraction of sp³-hybridized carbons (Fsp3) is 0.0690. The highest BCUT2D eigenvalue weighted by Gasteiger charge is 2.11. The number of benzene rings is 4. The summed E-state index contributed by atoms with van der Waals surface area (Å²) < 4.78 is 5.96. The number of oxazole rings is 1. The van der Waals surface area contributed by atoms with Crippen LogP contribution in [0.25, 0.3) is 33.7 Å². The summed E-state index contributed by atoms with van der Waals surface area (Å²) in [5, 5.41) is 5.98. The predicted molar refractivity (Wildman–Crippen MR) is 144 cm³/mol. The minimum absolute atomic E-state index is 0.217. The van der Waals surface area contributed by atoms with Crippen molar-refractivity contribution in [1.82, 2.24) is 10.3 Å². The first-order valence-corrected chi connectivity index (χ1v) is 11.8. The van der Waals surface area contributed by atoms with Crippen LogP contribution in [-0.4, -0.2) is 16.0 Å². The number of rotatable bonds is 5. The van der Waals surface area contributed by atoms with Gasteiger partial charge in [0.05, 0.1) is 0 Å². The predicted octanol–water partition coefficient (Wildman–Crippen LogP) is 6.85. The van der Waals surface area contributed by atoms with Gasteiger partial charge in [0, 0.05) is 16.8 Å². The molecule has 1 heterocycles. The van der Waals surface area contributed by atoms with Gasteiger partial charge in [-0.15, -0.1) is 0 Å². The van der Waals surface area contributed by atoms with Crippen LogP contribution in [0, 0.1) is 0 Å². The summed E-state index contributed by atoms with van der Waals surface area (Å²) >= 11 is 5.33. The quantitative estimate of drug-likeness (QED) is 0.271. The molecule has 0 radical (unpaired) electrons. The summed E-state index contributed by atoms with van der Waals surface area (Å²) in [6, 6.07) is 31.3. The maximum Gasteiger partial charge on any atom is 0.257 e. The van der Waals surface area contributed by atoms with Crippen molar-refractivity contribution in [1.29, 1.82) is 0 Å². The molecule has 2 N–H and O–H groups in total. The van der Waals surface area contributed by atoms with Gasteiger partial charge in [-0.25, -0.2) is 4.98 Å². The molecule has 0 aliphatic rings. The summed E-state index contributed by atoms with van der Waals surface area (Å²) in [5.41, 5.74) is 7.00. The van der Waals surface area contributed by atoms with Crippen LogP contribution < -0.4 is 10.6 Å². The molecule has 0 aliphatic heterocycles. The Bertz CT molecular complexity index is 1490. The number of hydrogen-bond donors (Lipinski definition) is 2. The van der Waals surface area contributed by atoms with E-state index in [0.717, 1.165) is 23.1 Å². The van der Waals surface area contributed by atoms with Crippen LogP contribution in [0.1, 0.15) is 22.8 Å². The van der Waals surface area contributed by atoms with E-state index in [0.29, 0.717) is 28.2 Å². The Labute approximate surface area is 208 Å². The lowest BCUT2D eigenvalue weighted by molar-refractivity contribution is 0.0977. The SMILES string of the molecule is CCc1ccc(C(=O)NC(=S)Nc2ccc3oc(-c4ccc(-c5ccccc5)cc4)nc3c2)cc1. The van der Waals surface area contributed by atoms with Crippen molar-refractivity contribution in [3.8, 4) is 22.6 Å². The van der Waals surface area contributed by atoms with Gasteiger partial charge in [0.25, 0.3) is 5.91 Å². The Balaban J connectivity index is 1.27. The second-order valence-electron chi connectivity index (χ2n) is 8.10. The highest BCUT2D eigenvalue weighted by atomic mass is 32.1. The second-order valence-corrected chi connectivity index (χ2v) is 8.51. The Morgan fingerprint density at radius 2 is 1.54 bits per heavy atom. The van der Waals surface area contributed by atoms with Crippen molar-refractivity contribution in [2.45, 2.75) is 13.3 Å². The van der Waals surface area contributed by atoms with Crippen LogP contribution in [0.15, 0.2) is 101 Å². The van der Waals surface area contributed by atoms with E-state index in [4.69, 9.17) is 16.6 Å². The van der Waals surface area contributed by atoms with E-state index in [2.05, 4.69) is 46.8 Å². The lowest BCUT2D eigenvalue weighted by Crippen LogP contribution is -2.34. The minimum Gasteiger partial charge on any atom is -0.436 e. The highest BCUT2D eigenvalue weighted by molar-refractivity contribution is 7.80. The van der Waals surface area contributed by atoms with Gasteiger partial charge in [0.15, 0.2) is 10.7 Å². The molecule has 1 aromatic heterocycles. The molecule has 1 amide bonds. The summed E-state index contributed by atoms with van der Waals surface area (Å²) in [5.74, 6) is 0.289. The van der Waals surface area contributed by atoms with Gasteiger partial charge in [-0.1, -0.05) is 61.5 Å². The Morgan fingerprint density at radius 3 is 2.26 bits per heavy atom. The Hall–Kier alpha value is -4.29. The fourth-order valence-corrected chi connectivity index (χ4v) is 4.00. The van der Waals surface area contributed by atoms with Crippen LogP contribution in [-0.2, 0) is 6.42 Å². The number of thiocarbonyl (C=S) groups is 1. The monoisotopic (exact) mass is 477 g/mol. The molecule has 172 valence electrons. The number of nitrogens with one attached hydrogen (secondary N) is 2. The number of carbonyl (C=O) groups is 1. The first-order chi connectivity index (χ1) is 17.1. The van der Waals surface area contributed by atoms with Crippen molar-refractivity contribution < 1.29 is 9.21 Å². The minimum atomic E-state index is -0.256. The summed E-state index contributed by atoms with van der Waals surface area (Å²) in [7, 11) is 0. The van der Waals surface area contributed by atoms with Crippen molar-refractivity contribution in [2.24, 2.45) is 0 Å². The standard InChI is InChI=1S/C29H23N3O2S/c1-2-19-8-10-22(11-9-19)27(33)32-29(35)30-24-16-17-26-25(18-24)31-28(34-26)23-14-12-21(13-15-23)20-6-4-3-5-7-20/h3-18H,2H2,1H3,(H2,30,32,33,35). The van der Waals surface area contributed by atoms with Gasteiger partial charge in [0.2, 0.25) is 5.89 Å². The van der Waals surface area contributed by atoms with Gasteiger partial charge >= 0.3 is 0 Å². The average molecular weight is 478 g/mol. The number of carbonyl (C=O) groups excluding carboxylic acids is 1. The van der Waals surface area contributed by atoms with E-state index in [9.17, 15) is 4.79 Å². The van der Waals surface area contributed by atoms with Gasteiger partial charge in [-0.3, -0.25) is 10.1 Å². The molecule has 5 nitrogen and oxygen atoms in total. The maximum atomic E-state index is 12.5. The molecule has 5 aromatic rings. The van der Waals surface area contributed by atoms with E-state index < -0.39 is 0 Å². The number of aromatic nitrogens is 1. The zero-order valence-corrected chi connectivity index (χ0v) is 19.9. The molecule has 0 bridgehead atoms. The van der Waals surface area contributed by atoms with E-state index in [1.54, 1.807) is 12.1 Å². The molecule has 4 aromatic carbocycles. The van der Waals surface area contributed by atoms with E-state index in [1.165, 1.54) is 5.56 Å². The molecule has 0 aliphatic carbocycles. The number of anilines is 1. The third kappa shape index (κ3) is 5.13. The van der Waals surface area contributed by atoms with Gasteiger partial charge in [0.1, 0.15) is 5.52 Å². The van der Waals surface area contributed by atoms with Gasteiger partial charge in [-0.05, 0) is 77.8 Å². The largest absolute Gasteiger partial charge is 0.436 e. The molecular weight excluding hydrogens is 454 g/mol. The number of aryl methyl sites for hydroxylation is 1. The van der Waals surface area contributed by atoms with Crippen LogP contribution in [0.4, 0.5) is 5.69 Å². The molecule has 0 unspecified atom stereocenters. The normalized spacial score (nSPS) is 10.8. The Kier molecular flexibility index (Phi) is 6.37. The van der Waals surface area contributed by atoms with Crippen LogP contribution >= 0.6 is 12.2 Å². The fourth-order valence-electron chi connectivity index (χ4n) is 3.79. The first-order valence-electron chi connectivity index (χ1n) is 11.4. The third-order valence-electron chi connectivity index (χ3n) is 5.74. The molecule has 0 saturated carbocycles. The number of nitrogens with zero attached hydrogens (tertiary/aromatic N) is 1. The van der Waals surface area contributed by atoms with Gasteiger partial charge in [-0.2, -0.15) is 0 Å². The van der Waals surface area contributed by atoms with E-state index in [1.807, 2.05) is 60.7 Å². The maximum absolute atomic E-state index is 12.5. The highest BCUT2D eigenvalue weighted by Crippen LogP contribution is 2.28. The zero-order chi connectivity index (χ0) is 24.2. The molecule has 5 rings (SSSR count). The molecule has 6 heteroatoms. The molecule has 0 fully saturated rings. The topological polar surface area (TPSA) is 67.2 Å². The molecule has 35 heavy (non-hydrogen) atoms. The van der Waals surface area contributed by atoms with Crippen molar-refractivity contribution >= 4 is 40.0 Å². The second kappa shape index (κ2) is 9.91. The van der Waals surface area contributed by atoms with Gasteiger partial charge < -0.3 is 9.73 Å².